The number of benzene rings is 1. The molecule has 3 atom stereocenters. The molecule has 1 aliphatic carbocycles. The van der Waals surface area contributed by atoms with Crippen LogP contribution < -0.4 is 5.32 Å². The van der Waals surface area contributed by atoms with Crippen LogP contribution in [0.5, 0.6) is 0 Å². The van der Waals surface area contributed by atoms with E-state index < -0.39 is 0 Å². The van der Waals surface area contributed by atoms with Gasteiger partial charge in [-0.25, -0.2) is 0 Å². The topological polar surface area (TPSA) is 32.3 Å². The van der Waals surface area contributed by atoms with Crippen molar-refractivity contribution in [2.75, 3.05) is 7.05 Å². The smallest absolute Gasteiger partial charge is 0.239 e. The molecule has 1 aromatic carbocycles. The summed E-state index contributed by atoms with van der Waals surface area (Å²) >= 11 is 6.18. The van der Waals surface area contributed by atoms with Crippen LogP contribution in [0.3, 0.4) is 0 Å². The van der Waals surface area contributed by atoms with Crippen molar-refractivity contribution in [3.05, 3.63) is 34.9 Å². The van der Waals surface area contributed by atoms with E-state index in [2.05, 4.69) is 5.32 Å². The van der Waals surface area contributed by atoms with Crippen LogP contribution >= 0.6 is 11.6 Å². The number of carbonyl (C=O) groups is 1. The number of nitrogens with zero attached hydrogens (tertiary/aromatic N) is 1. The van der Waals surface area contributed by atoms with Gasteiger partial charge in [0.05, 0.1) is 6.04 Å². The summed E-state index contributed by atoms with van der Waals surface area (Å²) in [6, 6.07) is 8.27. The normalized spacial score (nSPS) is 28.2. The van der Waals surface area contributed by atoms with Gasteiger partial charge < -0.3 is 10.2 Å². The van der Waals surface area contributed by atoms with Gasteiger partial charge in [0.2, 0.25) is 5.91 Å². The highest BCUT2D eigenvalue weighted by atomic mass is 35.5. The van der Waals surface area contributed by atoms with Crippen LogP contribution in [0, 0.1) is 5.92 Å². The van der Waals surface area contributed by atoms with Crippen molar-refractivity contribution in [1.82, 2.24) is 10.2 Å². The Kier molecular flexibility index (Phi) is 4.51. The van der Waals surface area contributed by atoms with Crippen LogP contribution in [0.25, 0.3) is 0 Å². The van der Waals surface area contributed by atoms with Gasteiger partial charge in [0.1, 0.15) is 0 Å². The van der Waals surface area contributed by atoms with Gasteiger partial charge in [-0.1, -0.05) is 42.6 Å². The molecule has 0 spiro atoms. The molecule has 1 N–H and O–H groups in total. The van der Waals surface area contributed by atoms with Crippen LogP contribution in [-0.2, 0) is 11.3 Å². The molecule has 114 valence electrons. The van der Waals surface area contributed by atoms with Gasteiger partial charge in [-0.2, -0.15) is 0 Å². The fourth-order valence-electron chi connectivity index (χ4n) is 3.74. The highest BCUT2D eigenvalue weighted by molar-refractivity contribution is 6.31. The second-order valence-electron chi connectivity index (χ2n) is 6.39. The van der Waals surface area contributed by atoms with E-state index in [-0.39, 0.29) is 11.9 Å². The lowest BCUT2D eigenvalue weighted by atomic mass is 9.85. The Morgan fingerprint density at radius 1 is 1.33 bits per heavy atom. The zero-order chi connectivity index (χ0) is 14.8. The Morgan fingerprint density at radius 2 is 2.10 bits per heavy atom. The zero-order valence-electron chi connectivity index (χ0n) is 12.5. The lowest BCUT2D eigenvalue weighted by molar-refractivity contribution is -0.132. The maximum atomic E-state index is 12.6. The number of carbonyl (C=O) groups excluding carboxylic acids is 1. The fraction of sp³-hybridized carbons (Fsp3) is 0.588. The van der Waals surface area contributed by atoms with E-state index in [1.165, 1.54) is 25.7 Å². The maximum Gasteiger partial charge on any atom is 0.239 e. The van der Waals surface area contributed by atoms with Crippen molar-refractivity contribution < 1.29 is 4.79 Å². The average molecular weight is 307 g/mol. The van der Waals surface area contributed by atoms with Crippen molar-refractivity contribution in [2.24, 2.45) is 5.92 Å². The first kappa shape index (κ1) is 14.9. The molecule has 4 heteroatoms. The number of halogens is 1. The Balaban J connectivity index is 1.61. The number of hydrogen-bond acceptors (Lipinski definition) is 2. The molecule has 2 fully saturated rings. The first-order chi connectivity index (χ1) is 10.1. The molecule has 1 saturated heterocycles. The van der Waals surface area contributed by atoms with E-state index in [1.54, 1.807) is 4.90 Å². The van der Waals surface area contributed by atoms with E-state index >= 15 is 0 Å². The molecule has 0 bridgehead atoms. The second-order valence-corrected chi connectivity index (χ2v) is 6.80. The zero-order valence-corrected chi connectivity index (χ0v) is 13.3. The summed E-state index contributed by atoms with van der Waals surface area (Å²) in [5.41, 5.74) is 1.01. The summed E-state index contributed by atoms with van der Waals surface area (Å²) in [6.45, 7) is 0.575. The number of nitrogens with one attached hydrogen (secondary N) is 1. The molecule has 1 saturated carbocycles. The predicted molar refractivity (Wildman–Crippen MR) is 85.2 cm³/mol. The summed E-state index contributed by atoms with van der Waals surface area (Å²) in [5, 5.41) is 4.28. The Bertz CT molecular complexity index is 505. The third-order valence-corrected chi connectivity index (χ3v) is 5.27. The van der Waals surface area contributed by atoms with E-state index in [1.807, 2.05) is 31.3 Å². The number of rotatable bonds is 3. The van der Waals surface area contributed by atoms with E-state index in [4.69, 9.17) is 11.6 Å². The van der Waals surface area contributed by atoms with Gasteiger partial charge in [0.25, 0.3) is 0 Å². The van der Waals surface area contributed by atoms with Crippen LogP contribution in [0.4, 0.5) is 0 Å². The van der Waals surface area contributed by atoms with E-state index in [9.17, 15) is 4.79 Å². The lowest BCUT2D eigenvalue weighted by Gasteiger charge is -2.24. The molecule has 21 heavy (non-hydrogen) atoms. The summed E-state index contributed by atoms with van der Waals surface area (Å²) in [4.78, 5) is 14.4. The lowest BCUT2D eigenvalue weighted by Crippen LogP contribution is -2.43. The molecule has 1 amide bonds. The minimum atomic E-state index is -0.00872. The number of hydrogen-bond donors (Lipinski definition) is 1. The molecule has 3 unspecified atom stereocenters. The molecule has 1 aromatic rings. The molecule has 0 aromatic heterocycles. The van der Waals surface area contributed by atoms with Crippen LogP contribution in [0.2, 0.25) is 5.02 Å². The van der Waals surface area contributed by atoms with Gasteiger partial charge in [-0.15, -0.1) is 0 Å². The molecule has 1 aliphatic heterocycles. The summed E-state index contributed by atoms with van der Waals surface area (Å²) in [6.07, 6.45) is 6.11. The Labute approximate surface area is 131 Å². The van der Waals surface area contributed by atoms with E-state index in [0.29, 0.717) is 18.5 Å². The largest absolute Gasteiger partial charge is 0.340 e. The van der Waals surface area contributed by atoms with Crippen molar-refractivity contribution in [2.45, 2.75) is 50.7 Å². The summed E-state index contributed by atoms with van der Waals surface area (Å²) in [7, 11) is 1.87. The molecule has 1 heterocycles. The number of fused-ring (bicyclic) bond motifs is 1. The minimum Gasteiger partial charge on any atom is -0.340 e. The van der Waals surface area contributed by atoms with Crippen molar-refractivity contribution in [1.29, 1.82) is 0 Å². The van der Waals surface area contributed by atoms with Crippen LogP contribution in [0.15, 0.2) is 24.3 Å². The highest BCUT2D eigenvalue weighted by Crippen LogP contribution is 2.33. The first-order valence-corrected chi connectivity index (χ1v) is 8.27. The van der Waals surface area contributed by atoms with Crippen LogP contribution in [-0.4, -0.2) is 29.9 Å². The molecular weight excluding hydrogens is 284 g/mol. The maximum absolute atomic E-state index is 12.6. The highest BCUT2D eigenvalue weighted by Gasteiger charge is 2.39. The standard InChI is InChI=1S/C17H23ClN2O/c1-20(11-13-7-2-4-8-14(13)18)17(21)16-10-12-6-3-5-9-15(12)19-16/h2,4,7-8,12,15-16,19H,3,5-6,9-11H2,1H3. The monoisotopic (exact) mass is 306 g/mol. The number of likely N-dealkylation sites (N-methyl/N-ethyl adjacent to an activating group) is 1. The van der Waals surface area contributed by atoms with Gasteiger partial charge in [-0.05, 0) is 36.8 Å². The van der Waals surface area contributed by atoms with E-state index in [0.717, 1.165) is 17.0 Å². The van der Waals surface area contributed by atoms with Gasteiger partial charge in [-0.3, -0.25) is 4.79 Å². The number of amides is 1. The van der Waals surface area contributed by atoms with Crippen molar-refractivity contribution >= 4 is 17.5 Å². The third kappa shape index (κ3) is 3.24. The molecule has 2 aliphatic rings. The SMILES string of the molecule is CN(Cc1ccccc1Cl)C(=O)C1CC2CCCCC2N1. The summed E-state index contributed by atoms with van der Waals surface area (Å²) < 4.78 is 0. The summed E-state index contributed by atoms with van der Waals surface area (Å²) in [5.74, 6) is 0.894. The van der Waals surface area contributed by atoms with Crippen molar-refractivity contribution in [3.63, 3.8) is 0 Å². The van der Waals surface area contributed by atoms with Crippen molar-refractivity contribution in [3.8, 4) is 0 Å². The fourth-order valence-corrected chi connectivity index (χ4v) is 3.93. The molecular formula is C17H23ClN2O. The van der Waals surface area contributed by atoms with Crippen LogP contribution in [0.1, 0.15) is 37.7 Å². The van der Waals surface area contributed by atoms with Gasteiger partial charge in [0.15, 0.2) is 0 Å². The quantitative estimate of drug-likeness (QED) is 0.930. The van der Waals surface area contributed by atoms with Gasteiger partial charge in [0, 0.05) is 24.7 Å². The molecule has 0 radical (unpaired) electrons. The predicted octanol–water partition coefficient (Wildman–Crippen LogP) is 3.22. The average Bonchev–Trinajstić information content (AvgIpc) is 2.92. The van der Waals surface area contributed by atoms with Gasteiger partial charge >= 0.3 is 0 Å². The molecule has 3 rings (SSSR count). The second kappa shape index (κ2) is 6.37. The third-order valence-electron chi connectivity index (χ3n) is 4.90. The first-order valence-electron chi connectivity index (χ1n) is 7.89. The Morgan fingerprint density at radius 3 is 2.86 bits per heavy atom. The molecule has 3 nitrogen and oxygen atoms in total. The minimum absolute atomic E-state index is 0.00872. The Hall–Kier alpha value is -1.06.